The predicted molar refractivity (Wildman–Crippen MR) is 95.0 cm³/mol. The van der Waals surface area contributed by atoms with Gasteiger partial charge in [0.1, 0.15) is 0 Å². The second kappa shape index (κ2) is 7.25. The molecule has 0 saturated carbocycles. The molecule has 3 aromatic carbocycles. The summed E-state index contributed by atoms with van der Waals surface area (Å²) >= 11 is 0. The summed E-state index contributed by atoms with van der Waals surface area (Å²) in [4.78, 5) is 0. The zero-order valence-corrected chi connectivity index (χ0v) is 14.7. The van der Waals surface area contributed by atoms with Crippen molar-refractivity contribution in [3.8, 4) is 0 Å². The highest BCUT2D eigenvalue weighted by Crippen LogP contribution is 2.39. The fraction of sp³-hybridized carbons (Fsp3) is 0.300. The molecule has 0 aromatic heterocycles. The molecule has 0 aliphatic carbocycles. The van der Waals surface area contributed by atoms with Crippen LogP contribution >= 0.6 is 0 Å². The molecule has 0 spiro atoms. The number of hydrogen-bond acceptors (Lipinski definition) is 2. The fourth-order valence-corrected chi connectivity index (χ4v) is 3.20. The minimum Gasteiger partial charge on any atom is -0.387 e. The Labute approximate surface area is 156 Å². The van der Waals surface area contributed by atoms with Crippen LogP contribution in [0.5, 0.6) is 0 Å². The van der Waals surface area contributed by atoms with Gasteiger partial charge in [0.2, 0.25) is 0 Å². The zero-order chi connectivity index (χ0) is 20.7. The lowest BCUT2D eigenvalue weighted by atomic mass is 9.92. The summed E-state index contributed by atoms with van der Waals surface area (Å²) in [5, 5.41) is 14.1. The van der Waals surface area contributed by atoms with E-state index in [2.05, 4.69) is 5.32 Å². The molecule has 1 unspecified atom stereocenters. The Kier molecular flexibility index (Phi) is 5.29. The number of aliphatic hydroxyl groups is 1. The van der Waals surface area contributed by atoms with Gasteiger partial charge in [-0.1, -0.05) is 19.1 Å². The highest BCUT2D eigenvalue weighted by atomic mass is 19.4. The van der Waals surface area contributed by atoms with Crippen molar-refractivity contribution in [1.29, 1.82) is 0 Å². The Hall–Kier alpha value is -2.32. The van der Waals surface area contributed by atoms with E-state index in [4.69, 9.17) is 0 Å². The van der Waals surface area contributed by atoms with Gasteiger partial charge in [0.15, 0.2) is 0 Å². The fourth-order valence-electron chi connectivity index (χ4n) is 3.20. The van der Waals surface area contributed by atoms with Crippen LogP contribution < -0.4 is 5.32 Å². The van der Waals surface area contributed by atoms with E-state index in [9.17, 15) is 31.4 Å². The summed E-state index contributed by atoms with van der Waals surface area (Å²) < 4.78 is 78.8. The minimum absolute atomic E-state index is 0.0176. The second-order valence-electron chi connectivity index (χ2n) is 6.48. The van der Waals surface area contributed by atoms with E-state index >= 15 is 0 Å². The van der Waals surface area contributed by atoms with E-state index in [1.54, 1.807) is 0 Å². The van der Waals surface area contributed by atoms with Crippen LogP contribution in [0.2, 0.25) is 0 Å². The quantitative estimate of drug-likeness (QED) is 0.436. The van der Waals surface area contributed by atoms with Crippen molar-refractivity contribution in [2.75, 3.05) is 13.1 Å². The first-order chi connectivity index (χ1) is 13.0. The molecule has 150 valence electrons. The van der Waals surface area contributed by atoms with E-state index in [1.165, 1.54) is 18.2 Å². The number of aliphatic hydroxyl groups excluding tert-OH is 1. The van der Waals surface area contributed by atoms with Crippen LogP contribution in [-0.4, -0.2) is 18.2 Å². The molecule has 1 atom stereocenters. The van der Waals surface area contributed by atoms with Crippen LogP contribution in [0.1, 0.15) is 29.7 Å². The molecule has 2 N–H and O–H groups in total. The van der Waals surface area contributed by atoms with Crippen LogP contribution in [0.4, 0.5) is 26.3 Å². The van der Waals surface area contributed by atoms with Gasteiger partial charge < -0.3 is 10.4 Å². The molecule has 0 amide bonds. The van der Waals surface area contributed by atoms with E-state index in [0.717, 1.165) is 24.3 Å². The van der Waals surface area contributed by atoms with Gasteiger partial charge in [0, 0.05) is 6.54 Å². The molecule has 0 fully saturated rings. The molecule has 0 saturated heterocycles. The predicted octanol–water partition coefficient (Wildman–Crippen LogP) is 5.67. The highest BCUT2D eigenvalue weighted by Gasteiger charge is 2.32. The number of halogens is 6. The number of fused-ring (bicyclic) bond motifs is 3. The third-order valence-corrected chi connectivity index (χ3v) is 4.59. The molecule has 2 nitrogen and oxygen atoms in total. The van der Waals surface area contributed by atoms with Crippen molar-refractivity contribution in [3.63, 3.8) is 0 Å². The largest absolute Gasteiger partial charge is 0.416 e. The maximum Gasteiger partial charge on any atom is 0.416 e. The van der Waals surface area contributed by atoms with Crippen LogP contribution in [0.25, 0.3) is 21.5 Å². The van der Waals surface area contributed by atoms with E-state index in [0.29, 0.717) is 17.5 Å². The summed E-state index contributed by atoms with van der Waals surface area (Å²) in [5.41, 5.74) is -1.55. The highest BCUT2D eigenvalue weighted by molar-refractivity contribution is 6.09. The topological polar surface area (TPSA) is 32.3 Å². The Balaban J connectivity index is 2.34. The van der Waals surface area contributed by atoms with Crippen molar-refractivity contribution in [1.82, 2.24) is 5.32 Å². The molecule has 28 heavy (non-hydrogen) atoms. The number of nitrogens with one attached hydrogen (secondary N) is 1. The molecule has 0 heterocycles. The Morgan fingerprint density at radius 2 is 1.39 bits per heavy atom. The monoisotopic (exact) mass is 401 g/mol. The van der Waals surface area contributed by atoms with Gasteiger partial charge in [-0.25, -0.2) is 0 Å². The Morgan fingerprint density at radius 3 is 1.96 bits per heavy atom. The van der Waals surface area contributed by atoms with Crippen molar-refractivity contribution < 1.29 is 31.4 Å². The molecule has 8 heteroatoms. The molecule has 0 aliphatic heterocycles. The summed E-state index contributed by atoms with van der Waals surface area (Å²) in [5.74, 6) is 0. The second-order valence-corrected chi connectivity index (χ2v) is 6.48. The standard InChI is InChI=1S/C20H17F6NO/c1-2-27-10-18(28)17-7-11-3-4-12(19(21,22)23)8-15(11)16-9-13(20(24,25)26)5-6-14(16)17/h3-9,18,27-28H,2,10H2,1H3. The first-order valence-corrected chi connectivity index (χ1v) is 8.56. The SMILES string of the molecule is CCNCC(O)c1cc2ccc(C(F)(F)F)cc2c2cc(C(F)(F)F)ccc12. The van der Waals surface area contributed by atoms with E-state index < -0.39 is 29.6 Å². The van der Waals surface area contributed by atoms with Crippen molar-refractivity contribution in [3.05, 3.63) is 59.2 Å². The number of alkyl halides is 6. The maximum atomic E-state index is 13.2. The minimum atomic E-state index is -4.64. The van der Waals surface area contributed by atoms with Gasteiger partial charge in [-0.3, -0.25) is 0 Å². The average molecular weight is 401 g/mol. The molecular formula is C20H17F6NO. The molecule has 3 rings (SSSR count). The van der Waals surface area contributed by atoms with Gasteiger partial charge >= 0.3 is 12.4 Å². The molecule has 0 radical (unpaired) electrons. The summed E-state index contributed by atoms with van der Waals surface area (Å²) in [6, 6.07) is 7.35. The van der Waals surface area contributed by atoms with E-state index in [1.807, 2.05) is 6.92 Å². The normalized spacial score (nSPS) is 14.0. The van der Waals surface area contributed by atoms with Gasteiger partial charge in [-0.05, 0) is 64.0 Å². The summed E-state index contributed by atoms with van der Waals surface area (Å²) in [7, 11) is 0. The third-order valence-electron chi connectivity index (χ3n) is 4.59. The summed E-state index contributed by atoms with van der Waals surface area (Å²) in [6.45, 7) is 2.58. The van der Waals surface area contributed by atoms with Crippen molar-refractivity contribution in [2.24, 2.45) is 0 Å². The van der Waals surface area contributed by atoms with Gasteiger partial charge in [-0.2, -0.15) is 26.3 Å². The van der Waals surface area contributed by atoms with E-state index in [-0.39, 0.29) is 22.7 Å². The Morgan fingerprint density at radius 1 is 0.821 bits per heavy atom. The molecule has 3 aromatic rings. The molecule has 0 aliphatic rings. The van der Waals surface area contributed by atoms with Gasteiger partial charge in [0.25, 0.3) is 0 Å². The lowest BCUT2D eigenvalue weighted by Crippen LogP contribution is -2.21. The summed E-state index contributed by atoms with van der Waals surface area (Å²) in [6.07, 6.45) is -10.3. The van der Waals surface area contributed by atoms with Crippen LogP contribution in [0.15, 0.2) is 42.5 Å². The molecular weight excluding hydrogens is 384 g/mol. The number of benzene rings is 3. The number of rotatable bonds is 4. The maximum absolute atomic E-state index is 13.2. The van der Waals surface area contributed by atoms with Crippen LogP contribution in [-0.2, 0) is 12.4 Å². The Bertz CT molecular complexity index is 1010. The lowest BCUT2D eigenvalue weighted by molar-refractivity contribution is -0.138. The van der Waals surface area contributed by atoms with Crippen LogP contribution in [0, 0.1) is 0 Å². The average Bonchev–Trinajstić information content (AvgIpc) is 2.63. The number of hydrogen-bond donors (Lipinski definition) is 2. The first-order valence-electron chi connectivity index (χ1n) is 8.56. The van der Waals surface area contributed by atoms with Gasteiger partial charge in [-0.15, -0.1) is 0 Å². The smallest absolute Gasteiger partial charge is 0.387 e. The first kappa shape index (κ1) is 20.4. The van der Waals surface area contributed by atoms with Crippen molar-refractivity contribution in [2.45, 2.75) is 25.4 Å². The lowest BCUT2D eigenvalue weighted by Gasteiger charge is -2.18. The van der Waals surface area contributed by atoms with Crippen LogP contribution in [0.3, 0.4) is 0 Å². The zero-order valence-electron chi connectivity index (χ0n) is 14.7. The molecule has 0 bridgehead atoms. The number of likely N-dealkylation sites (N-methyl/N-ethyl adjacent to an activating group) is 1. The van der Waals surface area contributed by atoms with Crippen molar-refractivity contribution >= 4 is 21.5 Å². The van der Waals surface area contributed by atoms with Gasteiger partial charge in [0.05, 0.1) is 17.2 Å². The third kappa shape index (κ3) is 3.93.